The molecule has 2 aliphatic rings. The first-order valence-electron chi connectivity index (χ1n) is 7.20. The number of hydrogen-bond donors (Lipinski definition) is 1. The third-order valence-electron chi connectivity index (χ3n) is 4.60. The summed E-state index contributed by atoms with van der Waals surface area (Å²) < 4.78 is 29.7. The van der Waals surface area contributed by atoms with Crippen LogP contribution in [0.15, 0.2) is 16.5 Å². The zero-order chi connectivity index (χ0) is 16.1. The van der Waals surface area contributed by atoms with Crippen molar-refractivity contribution in [3.63, 3.8) is 0 Å². The van der Waals surface area contributed by atoms with Crippen LogP contribution in [0, 0.1) is 17.8 Å². The molecule has 0 amide bonds. The first-order valence-corrected chi connectivity index (χ1v) is 9.04. The maximum atomic E-state index is 11.4. The van der Waals surface area contributed by atoms with Gasteiger partial charge in [-0.2, -0.15) is 4.31 Å². The molecule has 2 atom stereocenters. The standard InChI is InChI=1S/C14H20N2O5S/c1-15(22(2,19)20)5-9-3-4-10(21-9)6-16-7-11-12(8-16)13(11)14(17)18/h3-4,11-13H,5-8H2,1-2H3,(H,17,18). The number of sulfonamides is 1. The lowest BCUT2D eigenvalue weighted by Gasteiger charge is -2.17. The zero-order valence-corrected chi connectivity index (χ0v) is 13.4. The van der Waals surface area contributed by atoms with Crippen LogP contribution in [0.4, 0.5) is 0 Å². The summed E-state index contributed by atoms with van der Waals surface area (Å²) in [6.07, 6.45) is 1.16. The van der Waals surface area contributed by atoms with Gasteiger partial charge in [0.15, 0.2) is 0 Å². The highest BCUT2D eigenvalue weighted by molar-refractivity contribution is 7.88. The van der Waals surface area contributed by atoms with E-state index in [-0.39, 0.29) is 24.3 Å². The largest absolute Gasteiger partial charge is 0.481 e. The van der Waals surface area contributed by atoms with Gasteiger partial charge in [-0.1, -0.05) is 0 Å². The average molecular weight is 328 g/mol. The minimum atomic E-state index is -3.22. The summed E-state index contributed by atoms with van der Waals surface area (Å²) in [5.74, 6) is 1.11. The number of aliphatic carboxylic acids is 1. The molecular weight excluding hydrogens is 308 g/mol. The van der Waals surface area contributed by atoms with Crippen molar-refractivity contribution in [1.29, 1.82) is 0 Å². The van der Waals surface area contributed by atoms with E-state index in [1.54, 1.807) is 6.07 Å². The van der Waals surface area contributed by atoms with E-state index >= 15 is 0 Å². The topological polar surface area (TPSA) is 91.1 Å². The van der Waals surface area contributed by atoms with Gasteiger partial charge in [0.05, 0.1) is 25.3 Å². The van der Waals surface area contributed by atoms with Gasteiger partial charge in [-0.25, -0.2) is 8.42 Å². The molecule has 7 nitrogen and oxygen atoms in total. The summed E-state index contributed by atoms with van der Waals surface area (Å²) in [6, 6.07) is 3.64. The lowest BCUT2D eigenvalue weighted by Crippen LogP contribution is -2.25. The Bertz CT molecular complexity index is 671. The van der Waals surface area contributed by atoms with E-state index in [0.29, 0.717) is 12.3 Å². The fourth-order valence-electron chi connectivity index (χ4n) is 3.26. The molecular formula is C14H20N2O5S. The lowest BCUT2D eigenvalue weighted by molar-refractivity contribution is -0.139. The summed E-state index contributed by atoms with van der Waals surface area (Å²) in [4.78, 5) is 13.1. The molecule has 2 fully saturated rings. The molecule has 1 aliphatic carbocycles. The second-order valence-corrected chi connectivity index (χ2v) is 8.36. The van der Waals surface area contributed by atoms with Crippen LogP contribution in [-0.2, 0) is 27.9 Å². The first-order chi connectivity index (χ1) is 10.3. The normalized spacial score (nSPS) is 28.0. The van der Waals surface area contributed by atoms with Gasteiger partial charge >= 0.3 is 5.97 Å². The number of furan rings is 1. The third kappa shape index (κ3) is 3.04. The monoisotopic (exact) mass is 328 g/mol. The molecule has 0 radical (unpaired) electrons. The number of hydrogen-bond acceptors (Lipinski definition) is 5. The minimum absolute atomic E-state index is 0.160. The summed E-state index contributed by atoms with van der Waals surface area (Å²) >= 11 is 0. The van der Waals surface area contributed by atoms with Gasteiger partial charge in [-0.05, 0) is 24.0 Å². The van der Waals surface area contributed by atoms with Gasteiger partial charge in [-0.15, -0.1) is 0 Å². The van der Waals surface area contributed by atoms with E-state index < -0.39 is 16.0 Å². The Morgan fingerprint density at radius 2 is 1.95 bits per heavy atom. The number of fused-ring (bicyclic) bond motifs is 1. The van der Waals surface area contributed by atoms with Crippen molar-refractivity contribution in [3.05, 3.63) is 23.7 Å². The average Bonchev–Trinajstić information content (AvgIpc) is 2.73. The molecule has 2 unspecified atom stereocenters. The summed E-state index contributed by atoms with van der Waals surface area (Å²) in [6.45, 7) is 2.44. The van der Waals surface area contributed by atoms with Crippen molar-refractivity contribution in [2.24, 2.45) is 17.8 Å². The molecule has 3 rings (SSSR count). The van der Waals surface area contributed by atoms with Crippen molar-refractivity contribution < 1.29 is 22.7 Å². The number of carboxylic acids is 1. The van der Waals surface area contributed by atoms with Crippen molar-refractivity contribution in [1.82, 2.24) is 9.21 Å². The van der Waals surface area contributed by atoms with E-state index in [4.69, 9.17) is 9.52 Å². The van der Waals surface area contributed by atoms with Gasteiger partial charge in [0.1, 0.15) is 11.5 Å². The fraction of sp³-hybridized carbons (Fsp3) is 0.643. The molecule has 1 aliphatic heterocycles. The minimum Gasteiger partial charge on any atom is -0.481 e. The van der Waals surface area contributed by atoms with Crippen LogP contribution in [0.5, 0.6) is 0 Å². The molecule has 8 heteroatoms. The zero-order valence-electron chi connectivity index (χ0n) is 12.6. The third-order valence-corrected chi connectivity index (χ3v) is 5.86. The highest BCUT2D eigenvalue weighted by Crippen LogP contribution is 2.51. The second kappa shape index (κ2) is 5.36. The van der Waals surface area contributed by atoms with Crippen molar-refractivity contribution in [2.75, 3.05) is 26.4 Å². The molecule has 0 aromatic carbocycles. The molecule has 0 spiro atoms. The van der Waals surface area contributed by atoms with E-state index in [0.717, 1.165) is 25.1 Å². The van der Waals surface area contributed by atoms with E-state index in [1.165, 1.54) is 11.4 Å². The number of carboxylic acid groups (broad SMARTS) is 1. The smallest absolute Gasteiger partial charge is 0.307 e. The molecule has 22 heavy (non-hydrogen) atoms. The molecule has 122 valence electrons. The Hall–Kier alpha value is -1.38. The molecule has 1 aromatic rings. The quantitative estimate of drug-likeness (QED) is 0.814. The summed E-state index contributed by atoms with van der Waals surface area (Å²) in [5, 5.41) is 9.00. The van der Waals surface area contributed by atoms with Crippen LogP contribution < -0.4 is 0 Å². The maximum Gasteiger partial charge on any atom is 0.307 e. The highest BCUT2D eigenvalue weighted by atomic mass is 32.2. The highest BCUT2D eigenvalue weighted by Gasteiger charge is 2.59. The number of carbonyl (C=O) groups is 1. The number of nitrogens with zero attached hydrogens (tertiary/aromatic N) is 2. The number of piperidine rings is 1. The first kappa shape index (κ1) is 15.5. The van der Waals surface area contributed by atoms with Crippen LogP contribution in [0.2, 0.25) is 0 Å². The summed E-state index contributed by atoms with van der Waals surface area (Å²) in [7, 11) is -1.71. The molecule has 2 heterocycles. The summed E-state index contributed by atoms with van der Waals surface area (Å²) in [5.41, 5.74) is 0. The Morgan fingerprint density at radius 1 is 1.36 bits per heavy atom. The maximum absolute atomic E-state index is 11.4. The molecule has 1 aromatic heterocycles. The van der Waals surface area contributed by atoms with Crippen LogP contribution in [0.25, 0.3) is 0 Å². The Labute approximate surface area is 129 Å². The number of rotatable bonds is 6. The van der Waals surface area contributed by atoms with Gasteiger partial charge in [0.2, 0.25) is 10.0 Å². The van der Waals surface area contributed by atoms with Gasteiger partial charge in [0, 0.05) is 20.1 Å². The molecule has 1 saturated carbocycles. The van der Waals surface area contributed by atoms with Crippen LogP contribution in [-0.4, -0.2) is 55.1 Å². The van der Waals surface area contributed by atoms with Crippen LogP contribution >= 0.6 is 0 Å². The molecule has 1 N–H and O–H groups in total. The second-order valence-electron chi connectivity index (χ2n) is 6.27. The fourth-order valence-corrected chi connectivity index (χ4v) is 3.62. The van der Waals surface area contributed by atoms with Gasteiger partial charge < -0.3 is 9.52 Å². The van der Waals surface area contributed by atoms with Crippen LogP contribution in [0.3, 0.4) is 0 Å². The Balaban J connectivity index is 1.52. The van der Waals surface area contributed by atoms with Crippen molar-refractivity contribution >= 4 is 16.0 Å². The van der Waals surface area contributed by atoms with E-state index in [9.17, 15) is 13.2 Å². The van der Waals surface area contributed by atoms with E-state index in [1.807, 2.05) is 6.07 Å². The molecule has 1 saturated heterocycles. The van der Waals surface area contributed by atoms with Gasteiger partial charge in [0.25, 0.3) is 0 Å². The lowest BCUT2D eigenvalue weighted by atomic mass is 10.2. The predicted octanol–water partition coefficient (Wildman–Crippen LogP) is 0.433. The SMILES string of the molecule is CN(Cc1ccc(CN2CC3C(C2)C3C(=O)O)o1)S(C)(=O)=O. The predicted molar refractivity (Wildman–Crippen MR) is 78.4 cm³/mol. The van der Waals surface area contributed by atoms with Gasteiger partial charge in [-0.3, -0.25) is 9.69 Å². The van der Waals surface area contributed by atoms with Crippen molar-refractivity contribution in [2.45, 2.75) is 13.1 Å². The van der Waals surface area contributed by atoms with E-state index in [2.05, 4.69) is 4.90 Å². The van der Waals surface area contributed by atoms with Crippen LogP contribution in [0.1, 0.15) is 11.5 Å². The number of likely N-dealkylation sites (tertiary alicyclic amines) is 1. The van der Waals surface area contributed by atoms with Crippen molar-refractivity contribution in [3.8, 4) is 0 Å². The molecule has 0 bridgehead atoms. The Morgan fingerprint density at radius 3 is 2.50 bits per heavy atom. The Kier molecular flexibility index (Phi) is 3.78.